The Kier molecular flexibility index (Phi) is 10.7. The van der Waals surface area contributed by atoms with Crippen LogP contribution in [0.2, 0.25) is 0 Å². The van der Waals surface area contributed by atoms with Gasteiger partial charge in [0.15, 0.2) is 0 Å². The largest absolute Gasteiger partial charge is 0.500 e. The Morgan fingerprint density at radius 1 is 0.646 bits per heavy atom. The molecule has 5 nitrogen and oxygen atoms in total. The van der Waals surface area contributed by atoms with Crippen LogP contribution in [0.4, 0.5) is 0 Å². The molecule has 0 atom stereocenters. The number of fused-ring (bicyclic) bond motifs is 8. The minimum Gasteiger partial charge on any atom is -0.500 e. The molecule has 325 valence electrons. The number of hydrogen-bond acceptors (Lipinski definition) is 4. The van der Waals surface area contributed by atoms with E-state index in [1.54, 1.807) is 12.1 Å². The molecule has 0 aliphatic rings. The van der Waals surface area contributed by atoms with E-state index in [2.05, 4.69) is 131 Å². The molecule has 4 aromatic heterocycles. The molecule has 1 radical (unpaired) electrons. The Morgan fingerprint density at radius 2 is 1.38 bits per heavy atom. The van der Waals surface area contributed by atoms with Crippen molar-refractivity contribution in [2.75, 3.05) is 0 Å². The average molecular weight is 1030 g/mol. The molecule has 0 aliphatic heterocycles. The Labute approximate surface area is 398 Å². The van der Waals surface area contributed by atoms with Gasteiger partial charge in [0.2, 0.25) is 0 Å². The standard InChI is InChI=1S/C44H35N2O2.C15H16N.Ir/c1-25(2)34-23-29(28-12-7-6-8-13-28)24-35(26(3)4)41(34)46-37-22-27(5)18-20-36(37)45-44(46)33-16-11-15-30-31-19-21-39-40(43(31)48-42(30)33)32-14-9-10-17-38(32)47-39;1-15(2,3)13-9-10-16-14(11-13)12-7-5-4-6-8-12;/h6-15,17-26H,1-5H3;4-7,9-11H,1-3H3;/q2*-1;/i5D3;;. The van der Waals surface area contributed by atoms with Crippen molar-refractivity contribution in [2.45, 2.75) is 72.6 Å². The number of benzene rings is 7. The van der Waals surface area contributed by atoms with Crippen LogP contribution in [0.1, 0.15) is 86.7 Å². The van der Waals surface area contributed by atoms with Crippen molar-refractivity contribution in [3.63, 3.8) is 0 Å². The molecule has 0 spiro atoms. The van der Waals surface area contributed by atoms with Gasteiger partial charge in [-0.1, -0.05) is 120 Å². The number of hydrogen-bond donors (Lipinski definition) is 0. The van der Waals surface area contributed by atoms with Crippen LogP contribution in [0, 0.1) is 19.0 Å². The summed E-state index contributed by atoms with van der Waals surface area (Å²) in [6.45, 7) is 13.2. The minimum absolute atomic E-state index is 0. The molecule has 0 saturated carbocycles. The smallest absolute Gasteiger partial charge is 0.139 e. The Morgan fingerprint density at radius 3 is 2.11 bits per heavy atom. The molecule has 0 fully saturated rings. The van der Waals surface area contributed by atoms with E-state index in [-0.39, 0.29) is 42.9 Å². The molecule has 11 aromatic rings. The average Bonchev–Trinajstić information content (AvgIpc) is 4.02. The van der Waals surface area contributed by atoms with Crippen molar-refractivity contribution in [1.29, 1.82) is 0 Å². The summed E-state index contributed by atoms with van der Waals surface area (Å²) in [5.74, 6) is 0.929. The summed E-state index contributed by atoms with van der Waals surface area (Å²) in [6.07, 6.45) is 1.87. The number of rotatable bonds is 6. The molecule has 7 aromatic carbocycles. The second-order valence-corrected chi connectivity index (χ2v) is 18.2. The molecule has 6 heteroatoms. The van der Waals surface area contributed by atoms with Crippen molar-refractivity contribution in [3.05, 3.63) is 186 Å². The number of imidazole rings is 1. The van der Waals surface area contributed by atoms with Gasteiger partial charge in [0.05, 0.1) is 27.8 Å². The number of aryl methyl sites for hydroxylation is 1. The molecule has 0 saturated heterocycles. The summed E-state index contributed by atoms with van der Waals surface area (Å²) in [5.41, 5.74) is 14.4. The zero-order chi connectivity index (χ0) is 46.8. The second kappa shape index (κ2) is 17.4. The summed E-state index contributed by atoms with van der Waals surface area (Å²) in [4.78, 5) is 9.65. The predicted molar refractivity (Wildman–Crippen MR) is 265 cm³/mol. The van der Waals surface area contributed by atoms with E-state index in [9.17, 15) is 0 Å². The van der Waals surface area contributed by atoms with E-state index in [0.29, 0.717) is 22.5 Å². The van der Waals surface area contributed by atoms with E-state index < -0.39 is 6.85 Å². The maximum atomic E-state index is 8.29. The third-order valence-electron chi connectivity index (χ3n) is 12.2. The van der Waals surface area contributed by atoms with Gasteiger partial charge in [-0.05, 0) is 112 Å². The molecular weight excluding hydrogens is 975 g/mol. The number of pyridine rings is 1. The van der Waals surface area contributed by atoms with Crippen LogP contribution in [0.3, 0.4) is 0 Å². The van der Waals surface area contributed by atoms with Crippen LogP contribution in [0.15, 0.2) is 161 Å². The fourth-order valence-electron chi connectivity index (χ4n) is 8.86. The van der Waals surface area contributed by atoms with Gasteiger partial charge in [0.25, 0.3) is 0 Å². The van der Waals surface area contributed by atoms with Crippen LogP contribution >= 0.6 is 0 Å². The minimum atomic E-state index is -2.29. The van der Waals surface area contributed by atoms with E-state index in [1.807, 2.05) is 79.0 Å². The number of furan rings is 2. The number of nitrogens with zero attached hydrogens (tertiary/aromatic N) is 3. The summed E-state index contributed by atoms with van der Waals surface area (Å²) < 4.78 is 40.1. The van der Waals surface area contributed by atoms with Gasteiger partial charge < -0.3 is 18.4 Å². The van der Waals surface area contributed by atoms with Gasteiger partial charge in [0, 0.05) is 46.9 Å². The number of aromatic nitrogens is 3. The Hall–Kier alpha value is -6.59. The number of para-hydroxylation sites is 1. The van der Waals surface area contributed by atoms with Crippen LogP contribution in [0.5, 0.6) is 0 Å². The van der Waals surface area contributed by atoms with Crippen LogP contribution in [-0.4, -0.2) is 14.5 Å². The summed E-state index contributed by atoms with van der Waals surface area (Å²) in [5, 5.41) is 3.85. The van der Waals surface area contributed by atoms with Crippen LogP contribution < -0.4 is 0 Å². The summed E-state index contributed by atoms with van der Waals surface area (Å²) in [7, 11) is 0. The van der Waals surface area contributed by atoms with E-state index in [1.165, 1.54) is 5.56 Å². The van der Waals surface area contributed by atoms with Crippen LogP contribution in [0.25, 0.3) is 94.4 Å². The Balaban J connectivity index is 0.000000289. The van der Waals surface area contributed by atoms with Gasteiger partial charge in [-0.25, -0.2) is 0 Å². The molecule has 65 heavy (non-hydrogen) atoms. The monoisotopic (exact) mass is 1030 g/mol. The molecule has 0 N–H and O–H groups in total. The SMILES string of the molecule is CC(C)(C)c1ccnc(-c2[c-]cccc2)c1.[2H]C([2H])([2H])c1ccc2nc(-c3[c-]ccc4c3oc3c4ccc4oc5ccccc5c43)n(-c3c(C(C)C)cc(-c4ccccc4)cc3C(C)C)c2c1.[Ir]. The maximum absolute atomic E-state index is 8.29. The maximum Gasteiger partial charge on any atom is 0.139 e. The quantitative estimate of drug-likeness (QED) is 0.156. The Bertz CT molecular complexity index is 3590. The normalized spacial score (nSPS) is 12.7. The third kappa shape index (κ3) is 8.00. The van der Waals surface area contributed by atoms with Crippen molar-refractivity contribution in [3.8, 4) is 39.5 Å². The van der Waals surface area contributed by atoms with Crippen molar-refractivity contribution in [1.82, 2.24) is 14.5 Å². The molecule has 0 bridgehead atoms. The molecule has 0 amide bonds. The second-order valence-electron chi connectivity index (χ2n) is 18.2. The van der Waals surface area contributed by atoms with Gasteiger partial charge in [-0.15, -0.1) is 54.1 Å². The fraction of sp³-hybridized carbons (Fsp3) is 0.186. The van der Waals surface area contributed by atoms with Crippen LogP contribution in [-0.2, 0) is 25.5 Å². The van der Waals surface area contributed by atoms with Gasteiger partial charge >= 0.3 is 0 Å². The van der Waals surface area contributed by atoms with E-state index in [0.717, 1.165) is 83.0 Å². The predicted octanol–water partition coefficient (Wildman–Crippen LogP) is 16.4. The zero-order valence-corrected chi connectivity index (χ0v) is 40.0. The fourth-order valence-corrected chi connectivity index (χ4v) is 8.86. The first-order chi connectivity index (χ1) is 32.2. The molecule has 4 heterocycles. The molecule has 0 aliphatic carbocycles. The zero-order valence-electron chi connectivity index (χ0n) is 40.6. The first kappa shape index (κ1) is 40.0. The summed E-state index contributed by atoms with van der Waals surface area (Å²) in [6, 6.07) is 55.1. The van der Waals surface area contributed by atoms with Gasteiger partial charge in [-0.2, -0.15) is 0 Å². The van der Waals surface area contributed by atoms with E-state index in [4.69, 9.17) is 17.9 Å². The summed E-state index contributed by atoms with van der Waals surface area (Å²) >= 11 is 0. The molecule has 11 rings (SSSR count). The first-order valence-corrected chi connectivity index (χ1v) is 22.0. The van der Waals surface area contributed by atoms with Crippen molar-refractivity contribution >= 4 is 54.9 Å². The van der Waals surface area contributed by atoms with Crippen molar-refractivity contribution < 1.29 is 33.1 Å². The first-order valence-electron chi connectivity index (χ1n) is 23.5. The van der Waals surface area contributed by atoms with Gasteiger partial charge in [0.1, 0.15) is 16.7 Å². The molecule has 0 unspecified atom stereocenters. The van der Waals surface area contributed by atoms with E-state index >= 15 is 0 Å². The van der Waals surface area contributed by atoms with Crippen molar-refractivity contribution in [2.24, 2.45) is 0 Å². The topological polar surface area (TPSA) is 57.0 Å². The molecular formula is C59H51IrN3O2-2. The third-order valence-corrected chi connectivity index (χ3v) is 12.2. The van der Waals surface area contributed by atoms with Gasteiger partial charge in [-0.3, -0.25) is 4.98 Å².